The second-order valence-electron chi connectivity index (χ2n) is 5.68. The van der Waals surface area contributed by atoms with Crippen molar-refractivity contribution in [1.82, 2.24) is 15.1 Å². The first-order valence-corrected chi connectivity index (χ1v) is 7.42. The Kier molecular flexibility index (Phi) is 5.01. The van der Waals surface area contributed by atoms with Crippen LogP contribution in [0.15, 0.2) is 0 Å². The van der Waals surface area contributed by atoms with Crippen LogP contribution in [0.5, 0.6) is 0 Å². The molecule has 0 aromatic rings. The van der Waals surface area contributed by atoms with Crippen LogP contribution in [0.25, 0.3) is 0 Å². The molecule has 0 aromatic carbocycles. The van der Waals surface area contributed by atoms with E-state index in [1.54, 1.807) is 0 Å². The average Bonchev–Trinajstić information content (AvgIpc) is 2.46. The first-order valence-electron chi connectivity index (χ1n) is 7.42. The Morgan fingerprint density at radius 3 is 2.56 bits per heavy atom. The Hall–Kier alpha value is -0.610. The van der Waals surface area contributed by atoms with Crippen molar-refractivity contribution < 1.29 is 4.79 Å². The van der Waals surface area contributed by atoms with Crippen molar-refractivity contribution >= 4 is 5.91 Å². The number of carbonyl (C=O) groups excluding carboxylic acids is 1. The van der Waals surface area contributed by atoms with Gasteiger partial charge in [0.2, 0.25) is 5.91 Å². The molecule has 4 heteroatoms. The van der Waals surface area contributed by atoms with Crippen LogP contribution in [-0.4, -0.2) is 61.0 Å². The summed E-state index contributed by atoms with van der Waals surface area (Å²) in [5.41, 5.74) is 0. The van der Waals surface area contributed by atoms with Crippen molar-refractivity contribution in [2.45, 2.75) is 51.1 Å². The number of nitrogens with zero attached hydrogens (tertiary/aromatic N) is 2. The third-order valence-electron chi connectivity index (χ3n) is 4.43. The van der Waals surface area contributed by atoms with Crippen LogP contribution >= 0.6 is 0 Å². The van der Waals surface area contributed by atoms with E-state index in [0.29, 0.717) is 11.9 Å². The van der Waals surface area contributed by atoms with Gasteiger partial charge in [-0.15, -0.1) is 0 Å². The van der Waals surface area contributed by atoms with Crippen LogP contribution in [-0.2, 0) is 4.79 Å². The Bertz CT molecular complexity index is 276. The van der Waals surface area contributed by atoms with E-state index >= 15 is 0 Å². The number of nitrogens with one attached hydrogen (secondary N) is 1. The smallest absolute Gasteiger partial charge is 0.239 e. The highest BCUT2D eigenvalue weighted by Gasteiger charge is 2.29. The van der Waals surface area contributed by atoms with Gasteiger partial charge >= 0.3 is 0 Å². The summed E-state index contributed by atoms with van der Waals surface area (Å²) in [7, 11) is 2.02. The quantitative estimate of drug-likeness (QED) is 0.817. The second-order valence-corrected chi connectivity index (χ2v) is 5.68. The van der Waals surface area contributed by atoms with Gasteiger partial charge in [0.15, 0.2) is 0 Å². The standard InChI is InChI=1S/C14H27N3O/c1-12(14(18)16-8-4-3-5-9-16)17-10-6-7-13(11-17)15-2/h12-13,15H,3-11H2,1-2H3. The van der Waals surface area contributed by atoms with Gasteiger partial charge in [0, 0.05) is 25.7 Å². The zero-order chi connectivity index (χ0) is 13.0. The van der Waals surface area contributed by atoms with E-state index in [-0.39, 0.29) is 6.04 Å². The Morgan fingerprint density at radius 1 is 1.17 bits per heavy atom. The molecule has 0 aliphatic carbocycles. The summed E-state index contributed by atoms with van der Waals surface area (Å²) in [5, 5.41) is 3.34. The van der Waals surface area contributed by atoms with Crippen LogP contribution in [0.2, 0.25) is 0 Å². The molecule has 2 heterocycles. The summed E-state index contributed by atoms with van der Waals surface area (Å²) >= 11 is 0. The number of hydrogen-bond donors (Lipinski definition) is 1. The molecule has 2 atom stereocenters. The van der Waals surface area contributed by atoms with Crippen molar-refractivity contribution in [2.75, 3.05) is 33.2 Å². The molecule has 2 aliphatic rings. The maximum absolute atomic E-state index is 12.5. The second kappa shape index (κ2) is 6.53. The Balaban J connectivity index is 1.88. The first-order chi connectivity index (χ1) is 8.72. The predicted octanol–water partition coefficient (Wildman–Crippen LogP) is 1.07. The lowest BCUT2D eigenvalue weighted by Gasteiger charge is -2.38. The summed E-state index contributed by atoms with van der Waals surface area (Å²) in [5.74, 6) is 0.339. The lowest BCUT2D eigenvalue weighted by Crippen LogP contribution is -2.54. The first kappa shape index (κ1) is 13.8. The summed E-state index contributed by atoms with van der Waals surface area (Å²) in [6, 6.07) is 0.606. The highest BCUT2D eigenvalue weighted by molar-refractivity contribution is 5.81. The summed E-state index contributed by atoms with van der Waals surface area (Å²) in [6.07, 6.45) is 6.07. The van der Waals surface area contributed by atoms with Gasteiger partial charge in [0.1, 0.15) is 0 Å². The molecule has 2 aliphatic heterocycles. The molecular weight excluding hydrogens is 226 g/mol. The third-order valence-corrected chi connectivity index (χ3v) is 4.43. The number of likely N-dealkylation sites (tertiary alicyclic amines) is 2. The van der Waals surface area contributed by atoms with Gasteiger partial charge in [-0.05, 0) is 52.6 Å². The molecule has 1 N–H and O–H groups in total. The molecule has 2 saturated heterocycles. The van der Waals surface area contributed by atoms with E-state index in [2.05, 4.69) is 22.0 Å². The summed E-state index contributed by atoms with van der Waals surface area (Å²) < 4.78 is 0. The highest BCUT2D eigenvalue weighted by atomic mass is 16.2. The normalized spacial score (nSPS) is 28.1. The lowest BCUT2D eigenvalue weighted by atomic mass is 10.0. The number of hydrogen-bond acceptors (Lipinski definition) is 3. The molecule has 0 aromatic heterocycles. The number of rotatable bonds is 3. The van der Waals surface area contributed by atoms with E-state index in [1.807, 2.05) is 7.05 Å². The largest absolute Gasteiger partial charge is 0.341 e. The lowest BCUT2D eigenvalue weighted by molar-refractivity contribution is -0.137. The number of likely N-dealkylation sites (N-methyl/N-ethyl adjacent to an activating group) is 1. The molecule has 2 rings (SSSR count). The zero-order valence-electron chi connectivity index (χ0n) is 11.8. The van der Waals surface area contributed by atoms with E-state index in [9.17, 15) is 4.79 Å². The van der Waals surface area contributed by atoms with Gasteiger partial charge in [-0.3, -0.25) is 9.69 Å². The minimum absolute atomic E-state index is 0.0549. The molecule has 2 unspecified atom stereocenters. The maximum Gasteiger partial charge on any atom is 0.239 e. The number of carbonyl (C=O) groups is 1. The van der Waals surface area contributed by atoms with E-state index in [4.69, 9.17) is 0 Å². The van der Waals surface area contributed by atoms with Crippen LogP contribution in [0.3, 0.4) is 0 Å². The molecule has 2 fully saturated rings. The topological polar surface area (TPSA) is 35.6 Å². The fourth-order valence-corrected chi connectivity index (χ4v) is 3.13. The fourth-order valence-electron chi connectivity index (χ4n) is 3.13. The molecule has 18 heavy (non-hydrogen) atoms. The van der Waals surface area contributed by atoms with Crippen molar-refractivity contribution in [3.05, 3.63) is 0 Å². The van der Waals surface area contributed by atoms with Crippen molar-refractivity contribution in [2.24, 2.45) is 0 Å². The minimum atomic E-state index is 0.0549. The van der Waals surface area contributed by atoms with Gasteiger partial charge in [-0.25, -0.2) is 0 Å². The molecule has 0 saturated carbocycles. The van der Waals surface area contributed by atoms with Crippen LogP contribution in [0.4, 0.5) is 0 Å². The average molecular weight is 253 g/mol. The Morgan fingerprint density at radius 2 is 1.89 bits per heavy atom. The highest BCUT2D eigenvalue weighted by Crippen LogP contribution is 2.16. The van der Waals surface area contributed by atoms with Gasteiger partial charge < -0.3 is 10.2 Å². The number of amides is 1. The molecule has 0 radical (unpaired) electrons. The van der Waals surface area contributed by atoms with Gasteiger partial charge in [-0.1, -0.05) is 0 Å². The van der Waals surface area contributed by atoms with E-state index in [0.717, 1.165) is 26.2 Å². The van der Waals surface area contributed by atoms with E-state index < -0.39 is 0 Å². The summed E-state index contributed by atoms with van der Waals surface area (Å²) in [4.78, 5) is 16.9. The predicted molar refractivity (Wildman–Crippen MR) is 73.5 cm³/mol. The zero-order valence-corrected chi connectivity index (χ0v) is 11.8. The minimum Gasteiger partial charge on any atom is -0.341 e. The summed E-state index contributed by atoms with van der Waals surface area (Å²) in [6.45, 7) is 6.09. The SMILES string of the molecule is CNC1CCCN(C(C)C(=O)N2CCCCC2)C1. The van der Waals surface area contributed by atoms with Crippen molar-refractivity contribution in [3.63, 3.8) is 0 Å². The van der Waals surface area contributed by atoms with Crippen molar-refractivity contribution in [3.8, 4) is 0 Å². The maximum atomic E-state index is 12.5. The Labute approximate surface area is 111 Å². The number of piperidine rings is 2. The van der Waals surface area contributed by atoms with Crippen LogP contribution in [0.1, 0.15) is 39.0 Å². The van der Waals surface area contributed by atoms with E-state index in [1.165, 1.54) is 32.1 Å². The molecule has 0 bridgehead atoms. The molecular formula is C14H27N3O. The van der Waals surface area contributed by atoms with Crippen LogP contribution in [0, 0.1) is 0 Å². The molecule has 4 nitrogen and oxygen atoms in total. The molecule has 104 valence electrons. The van der Waals surface area contributed by atoms with Gasteiger partial charge in [0.05, 0.1) is 6.04 Å². The van der Waals surface area contributed by atoms with Gasteiger partial charge in [0.25, 0.3) is 0 Å². The van der Waals surface area contributed by atoms with Crippen molar-refractivity contribution in [1.29, 1.82) is 0 Å². The van der Waals surface area contributed by atoms with Crippen LogP contribution < -0.4 is 5.32 Å². The molecule has 1 amide bonds. The third kappa shape index (κ3) is 3.23. The monoisotopic (exact) mass is 253 g/mol. The molecule has 0 spiro atoms. The van der Waals surface area contributed by atoms with Gasteiger partial charge in [-0.2, -0.15) is 0 Å². The fraction of sp³-hybridized carbons (Fsp3) is 0.929.